The summed E-state index contributed by atoms with van der Waals surface area (Å²) in [6.07, 6.45) is 1.74. The van der Waals surface area contributed by atoms with Gasteiger partial charge in [-0.2, -0.15) is 11.8 Å². The molecule has 0 aromatic heterocycles. The lowest BCUT2D eigenvalue weighted by molar-refractivity contribution is -0.121. The molecule has 4 heteroatoms. The zero-order valence-corrected chi connectivity index (χ0v) is 8.95. The molecular formula is C9H18N2OS. The van der Waals surface area contributed by atoms with Crippen LogP contribution in [0.15, 0.2) is 0 Å². The van der Waals surface area contributed by atoms with Crippen LogP contribution in [0.4, 0.5) is 0 Å². The lowest BCUT2D eigenvalue weighted by atomic mass is 10.2. The van der Waals surface area contributed by atoms with Crippen molar-refractivity contribution in [2.75, 3.05) is 24.6 Å². The van der Waals surface area contributed by atoms with Crippen molar-refractivity contribution in [2.24, 2.45) is 0 Å². The maximum absolute atomic E-state index is 11.3. The summed E-state index contributed by atoms with van der Waals surface area (Å²) in [6, 6.07) is 0.374. The van der Waals surface area contributed by atoms with Gasteiger partial charge in [0, 0.05) is 24.8 Å². The van der Waals surface area contributed by atoms with Gasteiger partial charge in [-0.25, -0.2) is 0 Å². The Hall–Kier alpha value is -0.220. The minimum absolute atomic E-state index is 0.203. The summed E-state index contributed by atoms with van der Waals surface area (Å²) in [7, 11) is 0. The predicted molar refractivity (Wildman–Crippen MR) is 57.0 cm³/mol. The summed E-state index contributed by atoms with van der Waals surface area (Å²) in [5.41, 5.74) is 0. The monoisotopic (exact) mass is 202 g/mol. The molecule has 0 spiro atoms. The summed E-state index contributed by atoms with van der Waals surface area (Å²) in [5.74, 6) is 2.25. The normalized spacial score (nSPS) is 21.8. The molecule has 0 aromatic rings. The molecule has 0 saturated carbocycles. The molecule has 1 atom stereocenters. The highest BCUT2D eigenvalue weighted by atomic mass is 32.2. The smallest absolute Gasteiger partial charge is 0.221 e. The van der Waals surface area contributed by atoms with Crippen molar-refractivity contribution >= 4 is 17.7 Å². The van der Waals surface area contributed by atoms with E-state index in [1.54, 1.807) is 0 Å². The Bertz CT molecular complexity index is 158. The van der Waals surface area contributed by atoms with E-state index >= 15 is 0 Å². The molecule has 1 aliphatic heterocycles. The van der Waals surface area contributed by atoms with Gasteiger partial charge in [0.1, 0.15) is 0 Å². The molecule has 2 N–H and O–H groups in total. The molecule has 0 aliphatic carbocycles. The minimum Gasteiger partial charge on any atom is -0.352 e. The number of rotatable bonds is 5. The standard InChI is InChI=1S/C9H18N2OS/c1-2-13-6-4-9(12)11-8-3-5-10-7-8/h8,10H,2-7H2,1H3,(H,11,12). The second-order valence-electron chi connectivity index (χ2n) is 3.20. The summed E-state index contributed by atoms with van der Waals surface area (Å²) in [6.45, 7) is 4.09. The zero-order valence-electron chi connectivity index (χ0n) is 8.14. The van der Waals surface area contributed by atoms with E-state index in [2.05, 4.69) is 17.6 Å². The Morgan fingerprint density at radius 2 is 2.54 bits per heavy atom. The number of nitrogens with one attached hydrogen (secondary N) is 2. The van der Waals surface area contributed by atoms with Crippen LogP contribution >= 0.6 is 11.8 Å². The molecule has 13 heavy (non-hydrogen) atoms. The van der Waals surface area contributed by atoms with E-state index in [4.69, 9.17) is 0 Å². The van der Waals surface area contributed by atoms with E-state index in [1.165, 1.54) is 0 Å². The lowest BCUT2D eigenvalue weighted by Crippen LogP contribution is -2.36. The van der Waals surface area contributed by atoms with Crippen LogP contribution in [0.3, 0.4) is 0 Å². The molecule has 1 heterocycles. The molecule has 1 fully saturated rings. The molecule has 1 rings (SSSR count). The molecule has 1 aliphatic rings. The highest BCUT2D eigenvalue weighted by Gasteiger charge is 2.15. The summed E-state index contributed by atoms with van der Waals surface area (Å²) >= 11 is 1.82. The van der Waals surface area contributed by atoms with Crippen LogP contribution in [0.1, 0.15) is 19.8 Å². The molecule has 1 saturated heterocycles. The first-order valence-electron chi connectivity index (χ1n) is 4.90. The van der Waals surface area contributed by atoms with Gasteiger partial charge in [0.15, 0.2) is 0 Å². The summed E-state index contributed by atoms with van der Waals surface area (Å²) in [4.78, 5) is 11.3. The molecule has 1 unspecified atom stereocenters. The second-order valence-corrected chi connectivity index (χ2v) is 4.60. The summed E-state index contributed by atoms with van der Waals surface area (Å²) in [5, 5.41) is 6.25. The van der Waals surface area contributed by atoms with E-state index in [0.29, 0.717) is 12.5 Å². The topological polar surface area (TPSA) is 41.1 Å². The SMILES string of the molecule is CCSCCC(=O)NC1CCNC1. The molecule has 3 nitrogen and oxygen atoms in total. The first-order valence-corrected chi connectivity index (χ1v) is 6.06. The van der Waals surface area contributed by atoms with Crippen LogP contribution in [0, 0.1) is 0 Å². The van der Waals surface area contributed by atoms with Crippen molar-refractivity contribution in [3.8, 4) is 0 Å². The largest absolute Gasteiger partial charge is 0.352 e. The zero-order chi connectivity index (χ0) is 9.52. The maximum Gasteiger partial charge on any atom is 0.221 e. The number of carbonyl (C=O) groups is 1. The van der Waals surface area contributed by atoms with E-state index in [9.17, 15) is 4.79 Å². The van der Waals surface area contributed by atoms with E-state index in [-0.39, 0.29) is 5.91 Å². The highest BCUT2D eigenvalue weighted by Crippen LogP contribution is 2.02. The number of amides is 1. The van der Waals surface area contributed by atoms with Gasteiger partial charge in [-0.3, -0.25) is 4.79 Å². The average molecular weight is 202 g/mol. The van der Waals surface area contributed by atoms with Crippen molar-refractivity contribution in [1.82, 2.24) is 10.6 Å². The van der Waals surface area contributed by atoms with Gasteiger partial charge in [-0.05, 0) is 18.7 Å². The van der Waals surface area contributed by atoms with Crippen molar-refractivity contribution in [3.63, 3.8) is 0 Å². The molecule has 76 valence electrons. The number of hydrogen-bond acceptors (Lipinski definition) is 3. The van der Waals surface area contributed by atoms with E-state index in [1.807, 2.05) is 11.8 Å². The Kier molecular flexibility index (Phi) is 5.23. The summed E-state index contributed by atoms with van der Waals surface area (Å²) < 4.78 is 0. The van der Waals surface area contributed by atoms with Crippen LogP contribution in [0.5, 0.6) is 0 Å². The fourth-order valence-electron chi connectivity index (χ4n) is 1.39. The van der Waals surface area contributed by atoms with Gasteiger partial charge in [-0.1, -0.05) is 6.92 Å². The van der Waals surface area contributed by atoms with Crippen LogP contribution < -0.4 is 10.6 Å². The van der Waals surface area contributed by atoms with Crippen LogP contribution in [0.25, 0.3) is 0 Å². The van der Waals surface area contributed by atoms with Crippen LogP contribution in [-0.4, -0.2) is 36.5 Å². The highest BCUT2D eigenvalue weighted by molar-refractivity contribution is 7.99. The van der Waals surface area contributed by atoms with Crippen molar-refractivity contribution in [1.29, 1.82) is 0 Å². The van der Waals surface area contributed by atoms with Crippen molar-refractivity contribution < 1.29 is 4.79 Å². The number of carbonyl (C=O) groups excluding carboxylic acids is 1. The van der Waals surface area contributed by atoms with Crippen LogP contribution in [0.2, 0.25) is 0 Å². The van der Waals surface area contributed by atoms with Gasteiger partial charge in [0.05, 0.1) is 0 Å². The first kappa shape index (κ1) is 10.9. The fraction of sp³-hybridized carbons (Fsp3) is 0.889. The Morgan fingerprint density at radius 1 is 1.69 bits per heavy atom. The first-order chi connectivity index (χ1) is 6.33. The quantitative estimate of drug-likeness (QED) is 0.642. The number of thioether (sulfide) groups is 1. The minimum atomic E-state index is 0.203. The van der Waals surface area contributed by atoms with Crippen molar-refractivity contribution in [2.45, 2.75) is 25.8 Å². The van der Waals surface area contributed by atoms with E-state index < -0.39 is 0 Å². The lowest BCUT2D eigenvalue weighted by Gasteiger charge is -2.10. The predicted octanol–water partition coefficient (Wildman–Crippen LogP) is 0.608. The average Bonchev–Trinajstić information content (AvgIpc) is 2.57. The number of hydrogen-bond donors (Lipinski definition) is 2. The second kappa shape index (κ2) is 6.27. The molecule has 0 aromatic carbocycles. The third-order valence-electron chi connectivity index (χ3n) is 2.10. The van der Waals surface area contributed by atoms with Gasteiger partial charge in [-0.15, -0.1) is 0 Å². The Balaban J connectivity index is 2.02. The molecule has 0 bridgehead atoms. The van der Waals surface area contributed by atoms with Gasteiger partial charge in [0.2, 0.25) is 5.91 Å². The van der Waals surface area contributed by atoms with Gasteiger partial charge < -0.3 is 10.6 Å². The van der Waals surface area contributed by atoms with Crippen molar-refractivity contribution in [3.05, 3.63) is 0 Å². The Labute approximate surface area is 84.0 Å². The van der Waals surface area contributed by atoms with E-state index in [0.717, 1.165) is 31.0 Å². The maximum atomic E-state index is 11.3. The fourth-order valence-corrected chi connectivity index (χ4v) is 2.01. The van der Waals surface area contributed by atoms with Gasteiger partial charge in [0.25, 0.3) is 0 Å². The third kappa shape index (κ3) is 4.52. The Morgan fingerprint density at radius 3 is 3.15 bits per heavy atom. The van der Waals surface area contributed by atoms with Gasteiger partial charge >= 0.3 is 0 Å². The molecular weight excluding hydrogens is 184 g/mol. The molecule has 0 radical (unpaired) electrons. The molecule has 1 amide bonds. The van der Waals surface area contributed by atoms with Crippen LogP contribution in [-0.2, 0) is 4.79 Å². The third-order valence-corrected chi connectivity index (χ3v) is 3.00.